The third-order valence-corrected chi connectivity index (χ3v) is 5.91. The minimum absolute atomic E-state index is 0.412. The molecular weight excluding hydrogens is 298 g/mol. The predicted octanol–water partition coefficient (Wildman–Crippen LogP) is 1.27. The molecule has 3 rings (SSSR count). The van der Waals surface area contributed by atoms with Crippen LogP contribution in [0.15, 0.2) is 24.3 Å². The summed E-state index contributed by atoms with van der Waals surface area (Å²) in [5.74, 6) is 0.412. The van der Waals surface area contributed by atoms with Crippen LogP contribution in [0.3, 0.4) is 0 Å². The third-order valence-electron chi connectivity index (χ3n) is 4.64. The number of sulfonamides is 1. The second-order valence-electron chi connectivity index (χ2n) is 6.38. The lowest BCUT2D eigenvalue weighted by molar-refractivity contribution is 0.269. The summed E-state index contributed by atoms with van der Waals surface area (Å²) in [6, 6.07) is 8.51. The van der Waals surface area contributed by atoms with Gasteiger partial charge in [-0.15, -0.1) is 0 Å². The number of nitrogens with zero attached hydrogens (tertiary/aromatic N) is 2. The summed E-state index contributed by atoms with van der Waals surface area (Å²) in [5, 5.41) is 3.46. The van der Waals surface area contributed by atoms with E-state index in [1.54, 1.807) is 4.31 Å². The van der Waals surface area contributed by atoms with Crippen LogP contribution < -0.4 is 10.2 Å². The van der Waals surface area contributed by atoms with Crippen LogP contribution in [0.1, 0.15) is 18.4 Å². The van der Waals surface area contributed by atoms with Crippen LogP contribution in [0.25, 0.3) is 0 Å². The summed E-state index contributed by atoms with van der Waals surface area (Å²) in [7, 11) is -3.06. The number of rotatable bonds is 3. The maximum Gasteiger partial charge on any atom is 0.211 e. The van der Waals surface area contributed by atoms with E-state index in [-0.39, 0.29) is 0 Å². The van der Waals surface area contributed by atoms with Crippen molar-refractivity contribution >= 4 is 15.7 Å². The van der Waals surface area contributed by atoms with Gasteiger partial charge in [-0.25, -0.2) is 12.7 Å². The summed E-state index contributed by atoms with van der Waals surface area (Å²) in [4.78, 5) is 2.42. The Morgan fingerprint density at radius 3 is 2.91 bits per heavy atom. The first-order valence-electron chi connectivity index (χ1n) is 8.03. The van der Waals surface area contributed by atoms with Gasteiger partial charge in [0.1, 0.15) is 0 Å². The Hall–Kier alpha value is -1.11. The largest absolute Gasteiger partial charge is 0.370 e. The molecule has 1 unspecified atom stereocenters. The summed E-state index contributed by atoms with van der Waals surface area (Å²) in [5.41, 5.74) is 2.62. The number of fused-ring (bicyclic) bond motifs is 1. The van der Waals surface area contributed by atoms with Crippen LogP contribution in [0.2, 0.25) is 0 Å². The molecule has 0 radical (unpaired) electrons. The number of hydrogen-bond donors (Lipinski definition) is 1. The third kappa shape index (κ3) is 3.62. The van der Waals surface area contributed by atoms with Crippen LogP contribution >= 0.6 is 0 Å². The van der Waals surface area contributed by atoms with E-state index in [1.165, 1.54) is 17.5 Å². The molecule has 5 nitrogen and oxygen atoms in total. The van der Waals surface area contributed by atoms with E-state index in [0.717, 1.165) is 39.0 Å². The monoisotopic (exact) mass is 323 g/mol. The Labute approximate surface area is 133 Å². The van der Waals surface area contributed by atoms with Crippen molar-refractivity contribution in [2.45, 2.75) is 19.4 Å². The van der Waals surface area contributed by atoms with E-state index in [2.05, 4.69) is 34.5 Å². The first-order valence-corrected chi connectivity index (χ1v) is 9.87. The Morgan fingerprint density at radius 1 is 1.27 bits per heavy atom. The molecular formula is C16H25N3O2S. The number of piperidine rings is 1. The summed E-state index contributed by atoms with van der Waals surface area (Å²) in [6.07, 6.45) is 3.39. The van der Waals surface area contributed by atoms with E-state index in [9.17, 15) is 8.42 Å². The molecule has 0 bridgehead atoms. The van der Waals surface area contributed by atoms with Crippen LogP contribution in [-0.2, 0) is 16.6 Å². The van der Waals surface area contributed by atoms with Gasteiger partial charge in [-0.05, 0) is 30.4 Å². The Kier molecular flexibility index (Phi) is 4.70. The highest BCUT2D eigenvalue weighted by molar-refractivity contribution is 7.88. The highest BCUT2D eigenvalue weighted by Gasteiger charge is 2.28. The second kappa shape index (κ2) is 6.56. The number of anilines is 1. The lowest BCUT2D eigenvalue weighted by Gasteiger charge is -2.35. The normalized spacial score (nSPS) is 23.9. The average Bonchev–Trinajstić information content (AvgIpc) is 2.70. The molecule has 2 aliphatic heterocycles. The van der Waals surface area contributed by atoms with Crippen molar-refractivity contribution < 1.29 is 8.42 Å². The van der Waals surface area contributed by atoms with E-state index in [1.807, 2.05) is 0 Å². The van der Waals surface area contributed by atoms with Crippen LogP contribution in [0.4, 0.5) is 5.69 Å². The van der Waals surface area contributed by atoms with Crippen molar-refractivity contribution in [1.29, 1.82) is 0 Å². The molecule has 0 spiro atoms. The number of para-hydroxylation sites is 1. The van der Waals surface area contributed by atoms with Gasteiger partial charge < -0.3 is 10.2 Å². The molecule has 0 aromatic heterocycles. The standard InChI is InChI=1S/C16H25N3O2S/c1-22(20,21)19-9-4-5-14(13-19)12-18-10-8-17-11-15-6-2-3-7-16(15)18/h2-3,6-7,14,17H,4-5,8-13H2,1H3. The molecule has 0 amide bonds. The quantitative estimate of drug-likeness (QED) is 0.910. The van der Waals surface area contributed by atoms with Crippen LogP contribution in [0, 0.1) is 5.92 Å². The van der Waals surface area contributed by atoms with Crippen molar-refractivity contribution in [1.82, 2.24) is 9.62 Å². The Morgan fingerprint density at radius 2 is 2.09 bits per heavy atom. The van der Waals surface area contributed by atoms with Crippen molar-refractivity contribution in [3.8, 4) is 0 Å². The molecule has 1 aromatic rings. The number of benzene rings is 1. The predicted molar refractivity (Wildman–Crippen MR) is 89.5 cm³/mol. The van der Waals surface area contributed by atoms with E-state index in [4.69, 9.17) is 0 Å². The van der Waals surface area contributed by atoms with Crippen molar-refractivity contribution in [3.63, 3.8) is 0 Å². The van der Waals surface area contributed by atoms with Gasteiger partial charge in [0.15, 0.2) is 0 Å². The second-order valence-corrected chi connectivity index (χ2v) is 8.36. The molecule has 0 saturated carbocycles. The van der Waals surface area contributed by atoms with E-state index >= 15 is 0 Å². The molecule has 122 valence electrons. The maximum atomic E-state index is 11.8. The van der Waals surface area contributed by atoms with E-state index in [0.29, 0.717) is 19.0 Å². The zero-order chi connectivity index (χ0) is 15.6. The Balaban J connectivity index is 1.73. The Bertz CT molecular complexity index is 618. The fourth-order valence-corrected chi connectivity index (χ4v) is 4.45. The zero-order valence-corrected chi connectivity index (χ0v) is 14.0. The van der Waals surface area contributed by atoms with Crippen molar-refractivity contribution in [2.24, 2.45) is 5.92 Å². The van der Waals surface area contributed by atoms with Crippen LogP contribution in [-0.4, -0.2) is 51.7 Å². The lowest BCUT2D eigenvalue weighted by atomic mass is 9.98. The fourth-order valence-electron chi connectivity index (χ4n) is 3.50. The van der Waals surface area contributed by atoms with Crippen molar-refractivity contribution in [2.75, 3.05) is 43.9 Å². The number of nitrogens with one attached hydrogen (secondary N) is 1. The summed E-state index contributed by atoms with van der Waals surface area (Å²) < 4.78 is 25.2. The average molecular weight is 323 g/mol. The molecule has 2 aliphatic rings. The summed E-state index contributed by atoms with van der Waals surface area (Å²) >= 11 is 0. The lowest BCUT2D eigenvalue weighted by Crippen LogP contribution is -2.44. The maximum absolute atomic E-state index is 11.8. The number of hydrogen-bond acceptors (Lipinski definition) is 4. The SMILES string of the molecule is CS(=O)(=O)N1CCCC(CN2CCNCc3ccccc32)C1. The molecule has 6 heteroatoms. The molecule has 1 N–H and O–H groups in total. The van der Waals surface area contributed by atoms with Gasteiger partial charge in [-0.1, -0.05) is 18.2 Å². The van der Waals surface area contributed by atoms with Crippen LogP contribution in [0.5, 0.6) is 0 Å². The topological polar surface area (TPSA) is 52.7 Å². The van der Waals surface area contributed by atoms with Gasteiger partial charge in [0.25, 0.3) is 0 Å². The molecule has 1 aromatic carbocycles. The van der Waals surface area contributed by atoms with Gasteiger partial charge in [0, 0.05) is 45.0 Å². The fraction of sp³-hybridized carbons (Fsp3) is 0.625. The zero-order valence-electron chi connectivity index (χ0n) is 13.2. The van der Waals surface area contributed by atoms with E-state index < -0.39 is 10.0 Å². The van der Waals surface area contributed by atoms with Gasteiger partial charge >= 0.3 is 0 Å². The highest BCUT2D eigenvalue weighted by atomic mass is 32.2. The van der Waals surface area contributed by atoms with Gasteiger partial charge in [0.05, 0.1) is 6.26 Å². The highest BCUT2D eigenvalue weighted by Crippen LogP contribution is 2.26. The molecule has 0 aliphatic carbocycles. The summed E-state index contributed by atoms with van der Waals surface area (Å²) in [6.45, 7) is 5.12. The van der Waals surface area contributed by atoms with Gasteiger partial charge in [0.2, 0.25) is 10.0 Å². The van der Waals surface area contributed by atoms with Gasteiger partial charge in [-0.3, -0.25) is 0 Å². The first kappa shape index (κ1) is 15.8. The van der Waals surface area contributed by atoms with Crippen molar-refractivity contribution in [3.05, 3.63) is 29.8 Å². The first-order chi connectivity index (χ1) is 10.5. The smallest absolute Gasteiger partial charge is 0.211 e. The minimum Gasteiger partial charge on any atom is -0.370 e. The molecule has 22 heavy (non-hydrogen) atoms. The van der Waals surface area contributed by atoms with Gasteiger partial charge in [-0.2, -0.15) is 0 Å². The minimum atomic E-state index is -3.06. The molecule has 1 fully saturated rings. The molecule has 1 atom stereocenters. The molecule has 1 saturated heterocycles. The molecule has 2 heterocycles.